The molecule has 28 heavy (non-hydrogen) atoms. The third-order valence-corrected chi connectivity index (χ3v) is 5.74. The van der Waals surface area contributed by atoms with Crippen molar-refractivity contribution in [2.75, 3.05) is 26.2 Å². The van der Waals surface area contributed by atoms with Gasteiger partial charge in [-0.25, -0.2) is 4.98 Å². The maximum Gasteiger partial charge on any atom is 0.259 e. The molecule has 4 rings (SSSR count). The van der Waals surface area contributed by atoms with Crippen molar-refractivity contribution in [3.8, 4) is 10.6 Å². The number of amides is 1. The molecule has 8 heteroatoms. The van der Waals surface area contributed by atoms with Crippen LogP contribution in [0.2, 0.25) is 0 Å². The van der Waals surface area contributed by atoms with Crippen LogP contribution < -0.4 is 5.32 Å². The molecular formula is C20H24N4O3S. The van der Waals surface area contributed by atoms with Gasteiger partial charge in [0.15, 0.2) is 0 Å². The van der Waals surface area contributed by atoms with Gasteiger partial charge in [-0.1, -0.05) is 11.2 Å². The molecule has 0 aromatic carbocycles. The van der Waals surface area contributed by atoms with Crippen LogP contribution in [0.15, 0.2) is 28.1 Å². The van der Waals surface area contributed by atoms with Crippen LogP contribution in [-0.2, 0) is 4.74 Å². The molecule has 3 aromatic heterocycles. The molecule has 4 heterocycles. The highest BCUT2D eigenvalue weighted by atomic mass is 32.1. The van der Waals surface area contributed by atoms with E-state index >= 15 is 0 Å². The number of hydrogen-bond acceptors (Lipinski definition) is 7. The van der Waals surface area contributed by atoms with Crippen molar-refractivity contribution in [2.45, 2.75) is 33.0 Å². The monoisotopic (exact) mass is 400 g/mol. The number of aromatic nitrogens is 2. The summed E-state index contributed by atoms with van der Waals surface area (Å²) in [6.45, 7) is 9.11. The smallest absolute Gasteiger partial charge is 0.259 e. The first-order chi connectivity index (χ1) is 13.5. The molecule has 148 valence electrons. The molecule has 0 radical (unpaired) electrons. The van der Waals surface area contributed by atoms with Crippen LogP contribution in [0, 0.1) is 6.92 Å². The molecule has 1 amide bonds. The van der Waals surface area contributed by atoms with E-state index in [-0.39, 0.29) is 18.1 Å². The lowest BCUT2D eigenvalue weighted by Crippen LogP contribution is -2.47. The fraction of sp³-hybridized carbons (Fsp3) is 0.450. The summed E-state index contributed by atoms with van der Waals surface area (Å²) < 4.78 is 11.1. The zero-order valence-electron chi connectivity index (χ0n) is 16.3. The van der Waals surface area contributed by atoms with Crippen molar-refractivity contribution in [1.82, 2.24) is 20.4 Å². The van der Waals surface area contributed by atoms with Crippen molar-refractivity contribution in [3.05, 3.63) is 34.8 Å². The average molecular weight is 401 g/mol. The molecule has 1 N–H and O–H groups in total. The van der Waals surface area contributed by atoms with E-state index in [0.717, 1.165) is 30.2 Å². The molecule has 1 saturated heterocycles. The Morgan fingerprint density at radius 2 is 2.14 bits per heavy atom. The van der Waals surface area contributed by atoms with Gasteiger partial charge >= 0.3 is 0 Å². The number of carbonyl (C=O) groups excluding carboxylic acids is 1. The normalized spacial score (nSPS) is 20.5. The number of ether oxygens (including phenoxy) is 1. The summed E-state index contributed by atoms with van der Waals surface area (Å²) in [6.07, 6.45) is 0.430. The highest BCUT2D eigenvalue weighted by Crippen LogP contribution is 2.29. The maximum absolute atomic E-state index is 13.0. The third-order valence-electron chi connectivity index (χ3n) is 4.84. The summed E-state index contributed by atoms with van der Waals surface area (Å²) in [5.74, 6) is -0.133. The van der Waals surface area contributed by atoms with Crippen molar-refractivity contribution in [1.29, 1.82) is 0 Å². The number of pyridine rings is 1. The van der Waals surface area contributed by atoms with E-state index in [9.17, 15) is 4.79 Å². The quantitative estimate of drug-likeness (QED) is 0.709. The molecule has 1 aliphatic rings. The summed E-state index contributed by atoms with van der Waals surface area (Å²) in [5.41, 5.74) is 2.33. The van der Waals surface area contributed by atoms with Crippen LogP contribution in [0.5, 0.6) is 0 Å². The Balaban J connectivity index is 1.51. The number of thiophene rings is 1. The van der Waals surface area contributed by atoms with Crippen molar-refractivity contribution >= 4 is 28.3 Å². The number of morpholine rings is 1. The van der Waals surface area contributed by atoms with E-state index < -0.39 is 0 Å². The minimum absolute atomic E-state index is 0.133. The van der Waals surface area contributed by atoms with Gasteiger partial charge in [0, 0.05) is 26.2 Å². The Hall–Kier alpha value is -2.29. The van der Waals surface area contributed by atoms with Gasteiger partial charge in [-0.3, -0.25) is 9.69 Å². The lowest BCUT2D eigenvalue weighted by molar-refractivity contribution is -0.0672. The molecule has 7 nitrogen and oxygen atoms in total. The van der Waals surface area contributed by atoms with Gasteiger partial charge in [0.05, 0.1) is 39.4 Å². The number of nitrogens with one attached hydrogen (secondary N) is 1. The van der Waals surface area contributed by atoms with Crippen LogP contribution in [0.4, 0.5) is 0 Å². The molecule has 0 aliphatic carbocycles. The summed E-state index contributed by atoms with van der Waals surface area (Å²) in [5, 5.41) is 9.69. The van der Waals surface area contributed by atoms with Gasteiger partial charge in [-0.05, 0) is 38.3 Å². The maximum atomic E-state index is 13.0. The fourth-order valence-electron chi connectivity index (χ4n) is 3.71. The Morgan fingerprint density at radius 1 is 1.36 bits per heavy atom. The van der Waals surface area contributed by atoms with Gasteiger partial charge in [-0.2, -0.15) is 0 Å². The first-order valence-corrected chi connectivity index (χ1v) is 10.4. The van der Waals surface area contributed by atoms with E-state index in [2.05, 4.69) is 34.2 Å². The number of carbonyl (C=O) groups is 1. The van der Waals surface area contributed by atoms with Crippen molar-refractivity contribution < 1.29 is 14.1 Å². The van der Waals surface area contributed by atoms with E-state index in [4.69, 9.17) is 9.26 Å². The highest BCUT2D eigenvalue weighted by Gasteiger charge is 2.23. The summed E-state index contributed by atoms with van der Waals surface area (Å²) in [4.78, 5) is 20.8. The number of hydrogen-bond donors (Lipinski definition) is 1. The third kappa shape index (κ3) is 3.94. The zero-order valence-corrected chi connectivity index (χ0v) is 17.1. The minimum atomic E-state index is -0.133. The number of nitrogens with zero attached hydrogens (tertiary/aromatic N) is 3. The zero-order chi connectivity index (χ0) is 19.7. The first kappa shape index (κ1) is 19.0. The molecule has 1 fully saturated rings. The largest absolute Gasteiger partial charge is 0.373 e. The number of aryl methyl sites for hydroxylation is 1. The topological polar surface area (TPSA) is 80.5 Å². The van der Waals surface area contributed by atoms with Crippen molar-refractivity contribution in [2.24, 2.45) is 0 Å². The van der Waals surface area contributed by atoms with E-state index in [1.165, 1.54) is 0 Å². The number of fused-ring (bicyclic) bond motifs is 1. The van der Waals surface area contributed by atoms with E-state index in [0.29, 0.717) is 28.9 Å². The molecule has 1 aliphatic heterocycles. The first-order valence-electron chi connectivity index (χ1n) is 9.48. The summed E-state index contributed by atoms with van der Waals surface area (Å²) in [7, 11) is 0. The van der Waals surface area contributed by atoms with Crippen LogP contribution in [0.3, 0.4) is 0 Å². The molecule has 0 spiro atoms. The molecule has 2 unspecified atom stereocenters. The van der Waals surface area contributed by atoms with Crippen LogP contribution >= 0.6 is 11.3 Å². The highest BCUT2D eigenvalue weighted by molar-refractivity contribution is 7.13. The second kappa shape index (κ2) is 7.98. The Morgan fingerprint density at radius 3 is 2.86 bits per heavy atom. The minimum Gasteiger partial charge on any atom is -0.373 e. The van der Waals surface area contributed by atoms with E-state index in [1.807, 2.05) is 30.5 Å². The van der Waals surface area contributed by atoms with Gasteiger partial charge in [-0.15, -0.1) is 11.3 Å². The van der Waals surface area contributed by atoms with Crippen LogP contribution in [0.25, 0.3) is 21.7 Å². The lowest BCUT2D eigenvalue weighted by atomic mass is 10.1. The van der Waals surface area contributed by atoms with Gasteiger partial charge in [0.2, 0.25) is 0 Å². The standard InChI is InChI=1S/C20H24N4O3S/c1-12-10-24(11-13(2)26-12)7-6-21-19(25)15-9-16(17-5-4-8-28-17)22-20-18(15)14(3)23-27-20/h4-5,8-9,12-13H,6-7,10-11H2,1-3H3,(H,21,25). The molecule has 2 atom stereocenters. The van der Waals surface area contributed by atoms with E-state index in [1.54, 1.807) is 11.3 Å². The lowest BCUT2D eigenvalue weighted by Gasteiger charge is -2.35. The molecule has 3 aromatic rings. The second-order valence-electron chi connectivity index (χ2n) is 7.25. The summed E-state index contributed by atoms with van der Waals surface area (Å²) >= 11 is 1.57. The SMILES string of the molecule is Cc1noc2nc(-c3cccs3)cc(C(=O)NCCN3CC(C)OC(C)C3)c12. The molecule has 0 saturated carbocycles. The average Bonchev–Trinajstić information content (AvgIpc) is 3.30. The van der Waals surface area contributed by atoms with Crippen LogP contribution in [0.1, 0.15) is 29.9 Å². The Bertz CT molecular complexity index is 959. The van der Waals surface area contributed by atoms with Gasteiger partial charge < -0.3 is 14.6 Å². The number of rotatable bonds is 5. The Labute approximate surface area is 167 Å². The molecule has 0 bridgehead atoms. The second-order valence-corrected chi connectivity index (χ2v) is 8.20. The van der Waals surface area contributed by atoms with Gasteiger partial charge in [0.25, 0.3) is 11.6 Å². The molecular weight excluding hydrogens is 376 g/mol. The predicted octanol–water partition coefficient (Wildman–Crippen LogP) is 3.10. The summed E-state index contributed by atoms with van der Waals surface area (Å²) in [6, 6.07) is 5.76. The fourth-order valence-corrected chi connectivity index (χ4v) is 4.40. The predicted molar refractivity (Wildman–Crippen MR) is 109 cm³/mol. The Kier molecular flexibility index (Phi) is 5.43. The van der Waals surface area contributed by atoms with Crippen molar-refractivity contribution in [3.63, 3.8) is 0 Å². The van der Waals surface area contributed by atoms with Gasteiger partial charge in [0.1, 0.15) is 0 Å². The van der Waals surface area contributed by atoms with Crippen LogP contribution in [-0.4, -0.2) is 59.3 Å².